The third-order valence-corrected chi connectivity index (χ3v) is 4.48. The van der Waals surface area contributed by atoms with Gasteiger partial charge in [-0.15, -0.1) is 24.0 Å². The molecule has 0 aliphatic carbocycles. The molecule has 3 rings (SSSR count). The van der Waals surface area contributed by atoms with Crippen molar-refractivity contribution in [1.82, 2.24) is 10.6 Å². The number of amides is 1. The van der Waals surface area contributed by atoms with Gasteiger partial charge in [0.1, 0.15) is 5.75 Å². The van der Waals surface area contributed by atoms with Crippen molar-refractivity contribution < 1.29 is 13.9 Å². The maximum absolute atomic E-state index is 12.1. The first-order valence-electron chi connectivity index (χ1n) is 9.69. The van der Waals surface area contributed by atoms with E-state index >= 15 is 0 Å². The highest BCUT2D eigenvalue weighted by molar-refractivity contribution is 14.0. The summed E-state index contributed by atoms with van der Waals surface area (Å²) in [7, 11) is 3.40. The number of furan rings is 1. The van der Waals surface area contributed by atoms with Gasteiger partial charge in [-0.3, -0.25) is 9.79 Å². The summed E-state index contributed by atoms with van der Waals surface area (Å²) >= 11 is 0. The summed E-state index contributed by atoms with van der Waals surface area (Å²) in [5.41, 5.74) is 2.95. The van der Waals surface area contributed by atoms with E-state index in [-0.39, 0.29) is 35.6 Å². The number of guanidine groups is 1. The molecule has 0 spiro atoms. The summed E-state index contributed by atoms with van der Waals surface area (Å²) in [6, 6.07) is 19.0. The highest BCUT2D eigenvalue weighted by Crippen LogP contribution is 2.13. The topological polar surface area (TPSA) is 87.9 Å². The Bertz CT molecular complexity index is 973. The molecule has 0 saturated carbocycles. The van der Waals surface area contributed by atoms with Gasteiger partial charge in [-0.2, -0.15) is 0 Å². The van der Waals surface area contributed by atoms with E-state index in [9.17, 15) is 4.79 Å². The van der Waals surface area contributed by atoms with Gasteiger partial charge < -0.3 is 25.1 Å². The molecule has 0 unspecified atom stereocenters. The number of halogens is 1. The third kappa shape index (κ3) is 7.63. The van der Waals surface area contributed by atoms with E-state index in [0.717, 1.165) is 24.3 Å². The molecular formula is C23H27IN4O3. The number of carbonyl (C=O) groups is 1. The first kappa shape index (κ1) is 24.3. The van der Waals surface area contributed by atoms with Crippen molar-refractivity contribution in [2.45, 2.75) is 13.0 Å². The molecule has 2 aromatic carbocycles. The molecule has 0 saturated heterocycles. The molecule has 0 bridgehead atoms. The van der Waals surface area contributed by atoms with E-state index in [1.54, 1.807) is 26.3 Å². The van der Waals surface area contributed by atoms with Crippen LogP contribution in [-0.4, -0.2) is 32.6 Å². The Morgan fingerprint density at radius 2 is 1.84 bits per heavy atom. The Hall–Kier alpha value is -3.01. The monoisotopic (exact) mass is 534 g/mol. The van der Waals surface area contributed by atoms with Crippen LogP contribution in [0.25, 0.3) is 0 Å². The summed E-state index contributed by atoms with van der Waals surface area (Å²) in [5, 5.41) is 9.43. The lowest BCUT2D eigenvalue weighted by Gasteiger charge is -2.13. The van der Waals surface area contributed by atoms with Crippen LogP contribution in [0.3, 0.4) is 0 Å². The summed E-state index contributed by atoms with van der Waals surface area (Å²) in [6.07, 6.45) is 2.35. The van der Waals surface area contributed by atoms with Gasteiger partial charge in [-0.05, 0) is 53.9 Å². The van der Waals surface area contributed by atoms with Crippen LogP contribution in [-0.2, 0) is 13.0 Å². The maximum atomic E-state index is 12.1. The molecule has 0 aliphatic heterocycles. The Labute approximate surface area is 199 Å². The zero-order chi connectivity index (χ0) is 21.2. The van der Waals surface area contributed by atoms with Gasteiger partial charge in [0.2, 0.25) is 0 Å². The van der Waals surface area contributed by atoms with Crippen LogP contribution in [0, 0.1) is 0 Å². The number of carbonyl (C=O) groups excluding carboxylic acids is 1. The summed E-state index contributed by atoms with van der Waals surface area (Å²) in [5.74, 6) is 1.57. The largest absolute Gasteiger partial charge is 0.497 e. The van der Waals surface area contributed by atoms with Gasteiger partial charge >= 0.3 is 0 Å². The summed E-state index contributed by atoms with van der Waals surface area (Å²) in [6.45, 7) is 1.33. The van der Waals surface area contributed by atoms with Crippen LogP contribution in [0.15, 0.2) is 76.3 Å². The molecular weight excluding hydrogens is 507 g/mol. The van der Waals surface area contributed by atoms with Crippen molar-refractivity contribution in [3.8, 4) is 5.75 Å². The molecule has 0 radical (unpaired) electrons. The van der Waals surface area contributed by atoms with E-state index in [4.69, 9.17) is 9.15 Å². The lowest BCUT2D eigenvalue weighted by atomic mass is 10.1. The molecule has 1 amide bonds. The first-order chi connectivity index (χ1) is 14.7. The quantitative estimate of drug-likeness (QED) is 0.231. The molecule has 31 heavy (non-hydrogen) atoms. The molecule has 0 atom stereocenters. The lowest BCUT2D eigenvalue weighted by Crippen LogP contribution is -2.37. The van der Waals surface area contributed by atoms with Gasteiger partial charge in [-0.25, -0.2) is 0 Å². The molecule has 3 N–H and O–H groups in total. The minimum atomic E-state index is -0.277. The van der Waals surface area contributed by atoms with E-state index in [2.05, 4.69) is 33.1 Å². The predicted molar refractivity (Wildman–Crippen MR) is 133 cm³/mol. The fourth-order valence-corrected chi connectivity index (χ4v) is 2.88. The van der Waals surface area contributed by atoms with E-state index in [1.165, 1.54) is 11.8 Å². The first-order valence-corrected chi connectivity index (χ1v) is 9.69. The van der Waals surface area contributed by atoms with Crippen molar-refractivity contribution in [2.75, 3.05) is 26.0 Å². The van der Waals surface area contributed by atoms with Gasteiger partial charge in [0, 0.05) is 25.8 Å². The second kappa shape index (κ2) is 12.6. The molecule has 1 aromatic heterocycles. The molecule has 1 heterocycles. The third-order valence-electron chi connectivity index (χ3n) is 4.48. The fourth-order valence-electron chi connectivity index (χ4n) is 2.88. The standard InChI is InChI=1S/C23H26N4O3.HI/c1-24-23(25-13-12-17-8-10-20(29-2)11-9-17)26-16-18-5-3-6-19(15-18)27-22(28)21-7-4-14-30-21;/h3-11,14-15H,12-13,16H2,1-2H3,(H,27,28)(H2,24,25,26);1H. The summed E-state index contributed by atoms with van der Waals surface area (Å²) < 4.78 is 10.3. The average molecular weight is 534 g/mol. The number of nitrogens with zero attached hydrogens (tertiary/aromatic N) is 1. The number of nitrogens with one attached hydrogen (secondary N) is 3. The molecule has 8 heteroatoms. The molecule has 0 fully saturated rings. The zero-order valence-electron chi connectivity index (χ0n) is 17.6. The smallest absolute Gasteiger partial charge is 0.291 e. The van der Waals surface area contributed by atoms with Crippen molar-refractivity contribution >= 4 is 41.5 Å². The van der Waals surface area contributed by atoms with Crippen LogP contribution in [0.4, 0.5) is 5.69 Å². The minimum absolute atomic E-state index is 0. The number of methoxy groups -OCH3 is 1. The van der Waals surface area contributed by atoms with Crippen molar-refractivity contribution in [2.24, 2.45) is 4.99 Å². The normalized spacial score (nSPS) is 10.7. The Kier molecular flexibility index (Phi) is 9.89. The number of hydrogen-bond acceptors (Lipinski definition) is 4. The number of ether oxygens (including phenoxy) is 1. The second-order valence-corrected chi connectivity index (χ2v) is 6.58. The minimum Gasteiger partial charge on any atom is -0.497 e. The van der Waals surface area contributed by atoms with Crippen LogP contribution in [0.2, 0.25) is 0 Å². The number of rotatable bonds is 8. The van der Waals surface area contributed by atoms with Crippen LogP contribution in [0.5, 0.6) is 5.75 Å². The Morgan fingerprint density at radius 1 is 1.03 bits per heavy atom. The SMILES string of the molecule is CN=C(NCCc1ccc(OC)cc1)NCc1cccc(NC(=O)c2ccco2)c1.I. The van der Waals surface area contributed by atoms with E-state index in [0.29, 0.717) is 18.2 Å². The molecule has 164 valence electrons. The lowest BCUT2D eigenvalue weighted by molar-refractivity contribution is 0.0996. The van der Waals surface area contributed by atoms with Crippen LogP contribution >= 0.6 is 24.0 Å². The number of aliphatic imine (C=N–C) groups is 1. The Balaban J connectivity index is 0.00000341. The zero-order valence-corrected chi connectivity index (χ0v) is 19.9. The van der Waals surface area contributed by atoms with Crippen molar-refractivity contribution in [3.63, 3.8) is 0 Å². The highest BCUT2D eigenvalue weighted by Gasteiger charge is 2.09. The predicted octanol–water partition coefficient (Wildman–Crippen LogP) is 4.07. The van der Waals surface area contributed by atoms with Gasteiger partial charge in [0.15, 0.2) is 11.7 Å². The summed E-state index contributed by atoms with van der Waals surface area (Å²) in [4.78, 5) is 16.4. The number of hydrogen-bond donors (Lipinski definition) is 3. The van der Waals surface area contributed by atoms with Crippen LogP contribution in [0.1, 0.15) is 21.7 Å². The van der Waals surface area contributed by atoms with E-state index < -0.39 is 0 Å². The second-order valence-electron chi connectivity index (χ2n) is 6.58. The Morgan fingerprint density at radius 3 is 2.52 bits per heavy atom. The van der Waals surface area contributed by atoms with Crippen LogP contribution < -0.4 is 20.7 Å². The van der Waals surface area contributed by atoms with Crippen molar-refractivity contribution in [3.05, 3.63) is 83.8 Å². The number of anilines is 1. The fraction of sp³-hybridized carbons (Fsp3) is 0.217. The van der Waals surface area contributed by atoms with Crippen molar-refractivity contribution in [1.29, 1.82) is 0 Å². The van der Waals surface area contributed by atoms with Gasteiger partial charge in [-0.1, -0.05) is 24.3 Å². The van der Waals surface area contributed by atoms with Gasteiger partial charge in [0.25, 0.3) is 5.91 Å². The molecule has 7 nitrogen and oxygen atoms in total. The van der Waals surface area contributed by atoms with E-state index in [1.807, 2.05) is 36.4 Å². The van der Waals surface area contributed by atoms with Gasteiger partial charge in [0.05, 0.1) is 13.4 Å². The highest BCUT2D eigenvalue weighted by atomic mass is 127. The average Bonchev–Trinajstić information content (AvgIpc) is 3.32. The number of benzene rings is 2. The maximum Gasteiger partial charge on any atom is 0.291 e. The molecule has 0 aliphatic rings. The molecule has 3 aromatic rings.